The summed E-state index contributed by atoms with van der Waals surface area (Å²) in [6, 6.07) is 18.4. The Morgan fingerprint density at radius 3 is 2.12 bits per heavy atom. The molecule has 0 aliphatic heterocycles. The van der Waals surface area contributed by atoms with Crippen molar-refractivity contribution < 1.29 is 9.59 Å². The predicted molar refractivity (Wildman–Crippen MR) is 90.8 cm³/mol. The zero-order valence-electron chi connectivity index (χ0n) is 12.8. The molecule has 0 spiro atoms. The molecule has 1 aliphatic rings. The Balaban J connectivity index is 1.91. The predicted octanol–water partition coefficient (Wildman–Crippen LogP) is 3.49. The maximum atomic E-state index is 13.0. The van der Waals surface area contributed by atoms with Gasteiger partial charge in [0.15, 0.2) is 11.6 Å². The molecular weight excluding hydrogens is 300 g/mol. The summed E-state index contributed by atoms with van der Waals surface area (Å²) in [6.45, 7) is 0. The van der Waals surface area contributed by atoms with Crippen molar-refractivity contribution in [2.75, 3.05) is 0 Å². The van der Waals surface area contributed by atoms with E-state index < -0.39 is 0 Å². The minimum atomic E-state index is -0.139. The summed E-state index contributed by atoms with van der Waals surface area (Å²) in [4.78, 5) is 26.0. The molecule has 1 N–H and O–H groups in total. The van der Waals surface area contributed by atoms with Crippen LogP contribution in [0.5, 0.6) is 0 Å². The highest BCUT2D eigenvalue weighted by Gasteiger charge is 2.33. The Labute approximate surface area is 138 Å². The maximum Gasteiger partial charge on any atom is 0.196 e. The van der Waals surface area contributed by atoms with Gasteiger partial charge in [-0.3, -0.25) is 14.7 Å². The number of allylic oxidation sites excluding steroid dienone is 2. The number of benzene rings is 2. The molecule has 0 fully saturated rings. The van der Waals surface area contributed by atoms with Gasteiger partial charge in [0.25, 0.3) is 0 Å². The van der Waals surface area contributed by atoms with Crippen LogP contribution in [0.15, 0.2) is 72.4 Å². The minimum Gasteiger partial charge on any atom is -0.289 e. The van der Waals surface area contributed by atoms with Crippen LogP contribution in [0.3, 0.4) is 0 Å². The Kier molecular flexibility index (Phi) is 3.43. The van der Waals surface area contributed by atoms with E-state index in [4.69, 9.17) is 0 Å². The van der Waals surface area contributed by atoms with Gasteiger partial charge >= 0.3 is 0 Å². The first kappa shape index (κ1) is 14.3. The Morgan fingerprint density at radius 1 is 0.792 bits per heavy atom. The molecule has 0 atom stereocenters. The van der Waals surface area contributed by atoms with E-state index in [2.05, 4.69) is 10.2 Å². The van der Waals surface area contributed by atoms with Gasteiger partial charge in [-0.05, 0) is 11.6 Å². The molecule has 24 heavy (non-hydrogen) atoms. The van der Waals surface area contributed by atoms with E-state index in [-0.39, 0.29) is 11.6 Å². The molecular formula is C20H14N2O2. The Bertz CT molecular complexity index is 954. The van der Waals surface area contributed by atoms with Crippen molar-refractivity contribution in [2.45, 2.75) is 6.42 Å². The number of Topliss-reactive ketones (excluding diaryl/α,β-unsaturated/α-hetero) is 2. The molecule has 0 amide bonds. The van der Waals surface area contributed by atoms with Crippen molar-refractivity contribution in [2.24, 2.45) is 0 Å². The highest BCUT2D eigenvalue weighted by Crippen LogP contribution is 2.33. The number of hydrogen-bond acceptors (Lipinski definition) is 3. The van der Waals surface area contributed by atoms with Gasteiger partial charge < -0.3 is 0 Å². The molecule has 1 heterocycles. The normalized spacial score (nSPS) is 14.0. The maximum absolute atomic E-state index is 13.0. The first-order valence-electron chi connectivity index (χ1n) is 7.71. The van der Waals surface area contributed by atoms with Crippen molar-refractivity contribution in [3.8, 4) is 0 Å². The number of aromatic nitrogens is 2. The number of H-pyrrole nitrogens is 1. The monoisotopic (exact) mass is 314 g/mol. The molecule has 4 rings (SSSR count). The summed E-state index contributed by atoms with van der Waals surface area (Å²) in [7, 11) is 0. The van der Waals surface area contributed by atoms with E-state index in [0.717, 1.165) is 5.56 Å². The van der Waals surface area contributed by atoms with Crippen molar-refractivity contribution in [3.05, 3.63) is 94.8 Å². The Morgan fingerprint density at radius 2 is 1.46 bits per heavy atom. The van der Waals surface area contributed by atoms with Gasteiger partial charge in [0.2, 0.25) is 0 Å². The number of hydrogen-bond donors (Lipinski definition) is 1. The summed E-state index contributed by atoms with van der Waals surface area (Å²) >= 11 is 0. The van der Waals surface area contributed by atoms with Crippen LogP contribution in [0, 0.1) is 0 Å². The topological polar surface area (TPSA) is 62.8 Å². The largest absolute Gasteiger partial charge is 0.289 e. The highest BCUT2D eigenvalue weighted by atomic mass is 16.1. The van der Waals surface area contributed by atoms with Gasteiger partial charge in [0.05, 0.1) is 11.3 Å². The van der Waals surface area contributed by atoms with Crippen LogP contribution in [-0.4, -0.2) is 21.8 Å². The van der Waals surface area contributed by atoms with Crippen LogP contribution < -0.4 is 0 Å². The molecule has 4 heteroatoms. The second-order valence-corrected chi connectivity index (χ2v) is 5.69. The van der Waals surface area contributed by atoms with Crippen molar-refractivity contribution in [3.63, 3.8) is 0 Å². The number of ketones is 2. The van der Waals surface area contributed by atoms with Gasteiger partial charge in [-0.25, -0.2) is 0 Å². The number of carbonyl (C=O) groups is 2. The fraction of sp³-hybridized carbons (Fsp3) is 0.0500. The van der Waals surface area contributed by atoms with E-state index in [1.165, 1.54) is 0 Å². The fourth-order valence-electron chi connectivity index (χ4n) is 3.08. The van der Waals surface area contributed by atoms with Crippen LogP contribution in [0.25, 0.3) is 5.57 Å². The molecule has 0 bridgehead atoms. The lowest BCUT2D eigenvalue weighted by atomic mass is 9.80. The number of carbonyl (C=O) groups excluding carboxylic acids is 2. The molecule has 4 nitrogen and oxygen atoms in total. The Hall–Kier alpha value is -3.27. The number of rotatable bonds is 3. The third-order valence-electron chi connectivity index (χ3n) is 4.21. The summed E-state index contributed by atoms with van der Waals surface area (Å²) in [5, 5.41) is 6.76. The van der Waals surface area contributed by atoms with E-state index in [9.17, 15) is 9.59 Å². The summed E-state index contributed by atoms with van der Waals surface area (Å²) in [5.41, 5.74) is 3.41. The second-order valence-electron chi connectivity index (χ2n) is 5.69. The zero-order valence-corrected chi connectivity index (χ0v) is 12.8. The lowest BCUT2D eigenvalue weighted by Gasteiger charge is -2.20. The fourth-order valence-corrected chi connectivity index (χ4v) is 3.08. The van der Waals surface area contributed by atoms with Crippen molar-refractivity contribution in [1.82, 2.24) is 10.2 Å². The van der Waals surface area contributed by atoms with Crippen molar-refractivity contribution >= 4 is 17.1 Å². The van der Waals surface area contributed by atoms with Crippen LogP contribution in [0.2, 0.25) is 0 Å². The average molecular weight is 314 g/mol. The number of fused-ring (bicyclic) bond motifs is 1. The summed E-state index contributed by atoms with van der Waals surface area (Å²) in [6.07, 6.45) is 1.99. The van der Waals surface area contributed by atoms with Gasteiger partial charge in [0.1, 0.15) is 0 Å². The molecule has 0 radical (unpaired) electrons. The first-order valence-corrected chi connectivity index (χ1v) is 7.71. The lowest BCUT2D eigenvalue weighted by Crippen LogP contribution is -2.22. The average Bonchev–Trinajstić information content (AvgIpc) is 3.15. The zero-order chi connectivity index (χ0) is 16.5. The third-order valence-corrected chi connectivity index (χ3v) is 4.21. The van der Waals surface area contributed by atoms with Crippen LogP contribution in [-0.2, 0) is 6.42 Å². The van der Waals surface area contributed by atoms with Crippen LogP contribution >= 0.6 is 0 Å². The second kappa shape index (κ2) is 5.74. The molecule has 1 aromatic heterocycles. The third kappa shape index (κ3) is 2.29. The first-order chi connectivity index (χ1) is 11.8. The van der Waals surface area contributed by atoms with Crippen LogP contribution in [0.4, 0.5) is 0 Å². The van der Waals surface area contributed by atoms with E-state index in [1.54, 1.807) is 36.5 Å². The molecule has 3 aromatic rings. The van der Waals surface area contributed by atoms with E-state index >= 15 is 0 Å². The minimum absolute atomic E-state index is 0.0985. The van der Waals surface area contributed by atoms with Crippen molar-refractivity contribution in [1.29, 1.82) is 0 Å². The van der Waals surface area contributed by atoms with Gasteiger partial charge in [0, 0.05) is 29.3 Å². The molecule has 1 aliphatic carbocycles. The summed E-state index contributed by atoms with van der Waals surface area (Å²) in [5.74, 6) is -0.237. The van der Waals surface area contributed by atoms with E-state index in [1.807, 2.05) is 30.3 Å². The number of aromatic amines is 1. The lowest BCUT2D eigenvalue weighted by molar-refractivity contribution is 0.0989. The number of nitrogens with zero attached hydrogens (tertiary/aromatic N) is 1. The highest BCUT2D eigenvalue weighted by molar-refractivity contribution is 6.40. The van der Waals surface area contributed by atoms with E-state index in [0.29, 0.717) is 34.4 Å². The van der Waals surface area contributed by atoms with Gasteiger partial charge in [-0.15, -0.1) is 0 Å². The molecule has 0 saturated heterocycles. The summed E-state index contributed by atoms with van der Waals surface area (Å²) < 4.78 is 0. The molecule has 116 valence electrons. The SMILES string of the molecule is O=C1C(Cc2ccccc2)=C(c2ccn[nH]2)C(=O)c2ccccc21. The molecule has 0 saturated carbocycles. The van der Waals surface area contributed by atoms with Crippen LogP contribution in [0.1, 0.15) is 32.0 Å². The molecule has 0 unspecified atom stereocenters. The molecule has 2 aromatic carbocycles. The number of nitrogens with one attached hydrogen (secondary N) is 1. The quantitative estimate of drug-likeness (QED) is 0.805. The smallest absolute Gasteiger partial charge is 0.196 e. The van der Waals surface area contributed by atoms with Gasteiger partial charge in [-0.2, -0.15) is 5.10 Å². The standard InChI is InChI=1S/C20H14N2O2/c23-19-14-8-4-5-9-15(14)20(24)18(17-10-11-21-22-17)16(19)12-13-6-2-1-3-7-13/h1-11H,12H2,(H,21,22). The van der Waals surface area contributed by atoms with Gasteiger partial charge in [-0.1, -0.05) is 54.6 Å².